The van der Waals surface area contributed by atoms with Crippen molar-refractivity contribution in [3.05, 3.63) is 30.1 Å². The largest absolute Gasteiger partial charge is 0.347 e. The Morgan fingerprint density at radius 2 is 2.54 bits per heavy atom. The van der Waals surface area contributed by atoms with Crippen LogP contribution in [0.2, 0.25) is 0 Å². The zero-order valence-corrected chi connectivity index (χ0v) is 7.87. The van der Waals surface area contributed by atoms with Gasteiger partial charge in [-0.05, 0) is 13.0 Å². The first-order valence-electron chi connectivity index (χ1n) is 4.05. The Kier molecular flexibility index (Phi) is 2.84. The van der Waals surface area contributed by atoms with Crippen molar-refractivity contribution >= 4 is 5.91 Å². The van der Waals surface area contributed by atoms with Crippen LogP contribution in [0.5, 0.6) is 0 Å². The predicted octanol–water partition coefficient (Wildman–Crippen LogP) is 0.644. The van der Waals surface area contributed by atoms with Crippen LogP contribution in [0, 0.1) is 6.92 Å². The molecule has 0 aliphatic carbocycles. The van der Waals surface area contributed by atoms with Crippen molar-refractivity contribution < 1.29 is 4.79 Å². The Bertz CT molecular complexity index is 328. The fourth-order valence-corrected chi connectivity index (χ4v) is 1.08. The van der Waals surface area contributed by atoms with E-state index in [1.807, 2.05) is 6.92 Å². The van der Waals surface area contributed by atoms with E-state index in [0.717, 1.165) is 5.69 Å². The Labute approximate surface area is 77.3 Å². The van der Waals surface area contributed by atoms with E-state index in [1.54, 1.807) is 23.9 Å². The molecule has 0 unspecified atom stereocenters. The second-order valence-electron chi connectivity index (χ2n) is 2.79. The van der Waals surface area contributed by atoms with E-state index in [1.165, 1.54) is 0 Å². The van der Waals surface area contributed by atoms with Gasteiger partial charge in [0.25, 0.3) is 5.91 Å². The molecule has 1 rings (SSSR count). The molecule has 0 saturated heterocycles. The van der Waals surface area contributed by atoms with Crippen LogP contribution >= 0.6 is 0 Å². The van der Waals surface area contributed by atoms with Crippen molar-refractivity contribution in [2.45, 2.75) is 6.92 Å². The fourth-order valence-electron chi connectivity index (χ4n) is 1.08. The molecule has 1 heterocycles. The number of nitrogens with one attached hydrogen (secondary N) is 1. The second kappa shape index (κ2) is 3.89. The van der Waals surface area contributed by atoms with Gasteiger partial charge in [-0.2, -0.15) is 5.10 Å². The summed E-state index contributed by atoms with van der Waals surface area (Å²) in [5.41, 5.74) is 1.41. The number of hydrogen-bond donors (Lipinski definition) is 1. The molecular formula is C9H13N3O. The number of carbonyl (C=O) groups excluding carboxylic acids is 1. The first-order valence-corrected chi connectivity index (χ1v) is 4.05. The minimum Gasteiger partial charge on any atom is -0.347 e. The molecular weight excluding hydrogens is 166 g/mol. The Balaban J connectivity index is 2.76. The zero-order chi connectivity index (χ0) is 9.84. The molecule has 13 heavy (non-hydrogen) atoms. The third kappa shape index (κ3) is 2.18. The second-order valence-corrected chi connectivity index (χ2v) is 2.79. The number of carbonyl (C=O) groups is 1. The van der Waals surface area contributed by atoms with E-state index in [2.05, 4.69) is 17.0 Å². The van der Waals surface area contributed by atoms with Gasteiger partial charge in [0.15, 0.2) is 0 Å². The fraction of sp³-hybridized carbons (Fsp3) is 0.333. The highest BCUT2D eigenvalue weighted by molar-refractivity contribution is 5.92. The summed E-state index contributed by atoms with van der Waals surface area (Å²) in [4.78, 5) is 11.4. The first-order chi connectivity index (χ1) is 6.15. The monoisotopic (exact) mass is 179 g/mol. The van der Waals surface area contributed by atoms with Crippen molar-refractivity contribution in [2.75, 3.05) is 6.54 Å². The van der Waals surface area contributed by atoms with Crippen molar-refractivity contribution in [3.8, 4) is 0 Å². The lowest BCUT2D eigenvalue weighted by Crippen LogP contribution is -2.25. The molecule has 1 amide bonds. The maximum Gasteiger partial charge on any atom is 0.269 e. The van der Waals surface area contributed by atoms with E-state index in [0.29, 0.717) is 12.2 Å². The van der Waals surface area contributed by atoms with Crippen molar-refractivity contribution in [1.29, 1.82) is 0 Å². The normalized spacial score (nSPS) is 9.69. The number of aromatic nitrogens is 2. The zero-order valence-electron chi connectivity index (χ0n) is 7.87. The molecule has 0 saturated carbocycles. The smallest absolute Gasteiger partial charge is 0.269 e. The molecule has 0 fully saturated rings. The minimum atomic E-state index is -0.122. The first kappa shape index (κ1) is 9.51. The number of nitrogens with zero attached hydrogens (tertiary/aromatic N) is 2. The average molecular weight is 179 g/mol. The van der Waals surface area contributed by atoms with Crippen LogP contribution in [0.4, 0.5) is 0 Å². The summed E-state index contributed by atoms with van der Waals surface area (Å²) in [6, 6.07) is 1.75. The molecule has 1 aromatic heterocycles. The van der Waals surface area contributed by atoms with E-state index >= 15 is 0 Å². The Morgan fingerprint density at radius 1 is 1.85 bits per heavy atom. The van der Waals surface area contributed by atoms with E-state index in [-0.39, 0.29) is 5.91 Å². The summed E-state index contributed by atoms with van der Waals surface area (Å²) in [5, 5.41) is 6.76. The van der Waals surface area contributed by atoms with Gasteiger partial charge in [-0.15, -0.1) is 6.58 Å². The summed E-state index contributed by atoms with van der Waals surface area (Å²) < 4.78 is 1.56. The maximum absolute atomic E-state index is 11.4. The Morgan fingerprint density at radius 3 is 3.00 bits per heavy atom. The number of amides is 1. The molecule has 0 atom stereocenters. The van der Waals surface area contributed by atoms with Crippen LogP contribution < -0.4 is 5.32 Å². The van der Waals surface area contributed by atoms with Gasteiger partial charge < -0.3 is 5.32 Å². The molecule has 4 heteroatoms. The summed E-state index contributed by atoms with van der Waals surface area (Å²) in [7, 11) is 1.75. The van der Waals surface area contributed by atoms with Gasteiger partial charge in [-0.25, -0.2) is 0 Å². The van der Waals surface area contributed by atoms with Crippen molar-refractivity contribution in [1.82, 2.24) is 15.1 Å². The van der Waals surface area contributed by atoms with Gasteiger partial charge in [-0.1, -0.05) is 6.08 Å². The van der Waals surface area contributed by atoms with Crippen LogP contribution in [-0.2, 0) is 7.05 Å². The summed E-state index contributed by atoms with van der Waals surface area (Å²) in [6.45, 7) is 5.84. The summed E-state index contributed by atoms with van der Waals surface area (Å²) in [5.74, 6) is -0.122. The summed E-state index contributed by atoms with van der Waals surface area (Å²) in [6.07, 6.45) is 1.64. The number of aryl methyl sites for hydroxylation is 2. The lowest BCUT2D eigenvalue weighted by Gasteiger charge is -2.01. The van der Waals surface area contributed by atoms with Crippen molar-refractivity contribution in [2.24, 2.45) is 7.05 Å². The maximum atomic E-state index is 11.4. The number of rotatable bonds is 3. The van der Waals surface area contributed by atoms with Crippen LogP contribution in [0.15, 0.2) is 18.7 Å². The van der Waals surface area contributed by atoms with Crippen LogP contribution in [-0.4, -0.2) is 22.2 Å². The average Bonchev–Trinajstić information content (AvgIpc) is 2.41. The molecule has 1 N–H and O–H groups in total. The van der Waals surface area contributed by atoms with Crippen molar-refractivity contribution in [3.63, 3.8) is 0 Å². The Hall–Kier alpha value is -1.58. The third-order valence-electron chi connectivity index (χ3n) is 1.64. The van der Waals surface area contributed by atoms with E-state index in [4.69, 9.17) is 0 Å². The topological polar surface area (TPSA) is 46.9 Å². The van der Waals surface area contributed by atoms with E-state index in [9.17, 15) is 4.79 Å². The van der Waals surface area contributed by atoms with Gasteiger partial charge >= 0.3 is 0 Å². The van der Waals surface area contributed by atoms with Gasteiger partial charge in [0, 0.05) is 13.6 Å². The standard InChI is InChI=1S/C9H13N3O/c1-4-5-10-9(13)8-6-7(2)11-12(8)3/h4,6H,1,5H2,2-3H3,(H,10,13). The predicted molar refractivity (Wildman–Crippen MR) is 50.5 cm³/mol. The van der Waals surface area contributed by atoms with E-state index < -0.39 is 0 Å². The lowest BCUT2D eigenvalue weighted by molar-refractivity contribution is 0.0948. The molecule has 70 valence electrons. The van der Waals surface area contributed by atoms with Gasteiger partial charge in [-0.3, -0.25) is 9.48 Å². The highest BCUT2D eigenvalue weighted by Crippen LogP contribution is 2.00. The molecule has 1 aromatic rings. The highest BCUT2D eigenvalue weighted by Gasteiger charge is 2.09. The van der Waals surface area contributed by atoms with Gasteiger partial charge in [0.2, 0.25) is 0 Å². The van der Waals surface area contributed by atoms with Crippen LogP contribution in [0.3, 0.4) is 0 Å². The molecule has 4 nitrogen and oxygen atoms in total. The van der Waals surface area contributed by atoms with Gasteiger partial charge in [0.05, 0.1) is 5.69 Å². The van der Waals surface area contributed by atoms with Crippen LogP contribution in [0.25, 0.3) is 0 Å². The van der Waals surface area contributed by atoms with Crippen LogP contribution in [0.1, 0.15) is 16.2 Å². The quantitative estimate of drug-likeness (QED) is 0.692. The summed E-state index contributed by atoms with van der Waals surface area (Å²) >= 11 is 0. The molecule has 0 spiro atoms. The minimum absolute atomic E-state index is 0.122. The molecule has 0 aliphatic rings. The molecule has 0 aromatic carbocycles. The lowest BCUT2D eigenvalue weighted by atomic mass is 10.3. The SMILES string of the molecule is C=CCNC(=O)c1cc(C)nn1C. The number of hydrogen-bond acceptors (Lipinski definition) is 2. The molecule has 0 bridgehead atoms. The molecule has 0 aliphatic heterocycles. The molecule has 0 radical (unpaired) electrons. The third-order valence-corrected chi connectivity index (χ3v) is 1.64. The highest BCUT2D eigenvalue weighted by atomic mass is 16.2. The van der Waals surface area contributed by atoms with Gasteiger partial charge in [0.1, 0.15) is 5.69 Å².